The third kappa shape index (κ3) is 13.5. The van der Waals surface area contributed by atoms with Crippen molar-refractivity contribution >= 4 is 23.9 Å². The Hall–Kier alpha value is -2.32. The first-order valence-electron chi connectivity index (χ1n) is 15.6. The van der Waals surface area contributed by atoms with Gasteiger partial charge in [0.05, 0.1) is 89.7 Å². The van der Waals surface area contributed by atoms with Gasteiger partial charge in [-0.05, 0) is 25.7 Å². The van der Waals surface area contributed by atoms with Crippen molar-refractivity contribution in [3.63, 3.8) is 0 Å². The highest BCUT2D eigenvalue weighted by Gasteiger charge is 2.39. The van der Waals surface area contributed by atoms with Crippen molar-refractivity contribution < 1.29 is 61.8 Å². The first kappa shape index (κ1) is 35.2. The van der Waals surface area contributed by atoms with Crippen molar-refractivity contribution in [2.45, 2.75) is 51.4 Å². The molecule has 2 saturated carbocycles. The van der Waals surface area contributed by atoms with E-state index in [9.17, 15) is 19.2 Å². The molecule has 1 saturated heterocycles. The fourth-order valence-corrected chi connectivity index (χ4v) is 5.49. The maximum Gasteiger partial charge on any atom is 0.309 e. The van der Waals surface area contributed by atoms with E-state index in [0.717, 1.165) is 25.7 Å². The van der Waals surface area contributed by atoms with E-state index in [1.165, 1.54) is 0 Å². The summed E-state index contributed by atoms with van der Waals surface area (Å²) in [6.07, 6.45) is 5.76. The third-order valence-corrected chi connectivity index (χ3v) is 7.75. The second kappa shape index (κ2) is 21.4. The van der Waals surface area contributed by atoms with Gasteiger partial charge in [0.15, 0.2) is 0 Å². The summed E-state index contributed by atoms with van der Waals surface area (Å²) in [6, 6.07) is 0. The van der Waals surface area contributed by atoms with Crippen LogP contribution in [-0.4, -0.2) is 116 Å². The highest BCUT2D eigenvalue weighted by atomic mass is 16.6. The van der Waals surface area contributed by atoms with Crippen LogP contribution >= 0.6 is 0 Å². The molecule has 13 nitrogen and oxygen atoms in total. The highest BCUT2D eigenvalue weighted by molar-refractivity contribution is 5.83. The van der Waals surface area contributed by atoms with E-state index in [2.05, 4.69) is 0 Å². The minimum absolute atomic E-state index is 0.0712. The Balaban J connectivity index is 1.42. The number of carbonyl (C=O) groups excluding carboxylic acids is 4. The van der Waals surface area contributed by atoms with E-state index in [1.54, 1.807) is 0 Å². The van der Waals surface area contributed by atoms with Crippen molar-refractivity contribution in [1.82, 2.24) is 0 Å². The summed E-state index contributed by atoms with van der Waals surface area (Å²) in [7, 11) is 0. The zero-order valence-electron chi connectivity index (χ0n) is 25.2. The predicted octanol–water partition coefficient (Wildman–Crippen LogP) is 1.87. The fraction of sp³-hybridized carbons (Fsp3) is 0.867. The van der Waals surface area contributed by atoms with E-state index in [4.69, 9.17) is 42.6 Å². The van der Waals surface area contributed by atoms with Crippen molar-refractivity contribution in [2.24, 2.45) is 23.7 Å². The number of cyclic esters (lactones) is 4. The quantitative estimate of drug-likeness (QED) is 0.288. The van der Waals surface area contributed by atoms with Crippen LogP contribution in [0.3, 0.4) is 0 Å². The summed E-state index contributed by atoms with van der Waals surface area (Å²) >= 11 is 0. The lowest BCUT2D eigenvalue weighted by Gasteiger charge is -2.28. The molecule has 4 atom stereocenters. The molecule has 13 heteroatoms. The van der Waals surface area contributed by atoms with Gasteiger partial charge >= 0.3 is 23.9 Å². The van der Waals surface area contributed by atoms with Gasteiger partial charge in [-0.15, -0.1) is 0 Å². The highest BCUT2D eigenvalue weighted by Crippen LogP contribution is 2.33. The number of hydrogen-bond acceptors (Lipinski definition) is 13. The van der Waals surface area contributed by atoms with Crippen molar-refractivity contribution in [3.05, 3.63) is 0 Å². The Morgan fingerprint density at radius 3 is 0.698 bits per heavy atom. The van der Waals surface area contributed by atoms with E-state index in [1.807, 2.05) is 0 Å². The molecule has 246 valence electrons. The first-order valence-corrected chi connectivity index (χ1v) is 15.6. The smallest absolute Gasteiger partial charge is 0.309 e. The van der Waals surface area contributed by atoms with Crippen LogP contribution in [0.1, 0.15) is 51.4 Å². The molecule has 2 aliphatic carbocycles. The summed E-state index contributed by atoms with van der Waals surface area (Å²) < 4.78 is 48.8. The summed E-state index contributed by atoms with van der Waals surface area (Å²) in [5.74, 6) is -3.73. The largest absolute Gasteiger partial charge is 0.463 e. The molecule has 0 aromatic heterocycles. The minimum Gasteiger partial charge on any atom is -0.463 e. The number of esters is 4. The molecule has 0 amide bonds. The molecule has 3 rings (SSSR count). The number of rotatable bonds is 0. The predicted molar refractivity (Wildman–Crippen MR) is 149 cm³/mol. The lowest BCUT2D eigenvalue weighted by Crippen LogP contribution is -2.36. The number of fused-ring (bicyclic) bond motifs is 2. The van der Waals surface area contributed by atoms with Crippen molar-refractivity contribution in [2.75, 3.05) is 92.5 Å². The second-order valence-electron chi connectivity index (χ2n) is 10.7. The van der Waals surface area contributed by atoms with Gasteiger partial charge in [0.25, 0.3) is 0 Å². The molecule has 1 aliphatic heterocycles. The van der Waals surface area contributed by atoms with Crippen LogP contribution in [0.5, 0.6) is 0 Å². The monoisotopic (exact) mass is 616 g/mol. The maximum atomic E-state index is 12.7. The number of carbonyl (C=O) groups is 4. The van der Waals surface area contributed by atoms with Gasteiger partial charge in [-0.25, -0.2) is 0 Å². The fourth-order valence-electron chi connectivity index (χ4n) is 5.49. The molecule has 1 heterocycles. The van der Waals surface area contributed by atoms with Gasteiger partial charge < -0.3 is 42.6 Å². The molecule has 4 unspecified atom stereocenters. The lowest BCUT2D eigenvalue weighted by molar-refractivity contribution is -0.164. The Kier molecular flexibility index (Phi) is 17.5. The molecule has 0 N–H and O–H groups in total. The summed E-state index contributed by atoms with van der Waals surface area (Å²) in [5, 5.41) is 0. The van der Waals surface area contributed by atoms with Gasteiger partial charge in [0.2, 0.25) is 0 Å². The lowest BCUT2D eigenvalue weighted by atomic mass is 9.79. The van der Waals surface area contributed by atoms with Crippen LogP contribution in [0.15, 0.2) is 0 Å². The zero-order valence-corrected chi connectivity index (χ0v) is 25.2. The minimum atomic E-state index is -0.526. The summed E-state index contributed by atoms with van der Waals surface area (Å²) in [6.45, 7) is 3.05. The average molecular weight is 617 g/mol. The molecule has 3 fully saturated rings. The summed E-state index contributed by atoms with van der Waals surface area (Å²) in [4.78, 5) is 50.6. The van der Waals surface area contributed by atoms with E-state index in [0.29, 0.717) is 52.1 Å². The molecule has 0 bridgehead atoms. The first-order chi connectivity index (χ1) is 21.1. The molecule has 0 spiro atoms. The zero-order chi connectivity index (χ0) is 30.5. The van der Waals surface area contributed by atoms with E-state index < -0.39 is 47.5 Å². The number of hydrogen-bond donors (Lipinski definition) is 0. The molecule has 43 heavy (non-hydrogen) atoms. The molecular formula is C30H48O13. The molecule has 3 aliphatic rings. The maximum absolute atomic E-state index is 12.7. The van der Waals surface area contributed by atoms with Crippen LogP contribution in [0.4, 0.5) is 0 Å². The SMILES string of the molecule is O=C1OCCOCCOCCOCCOC(=O)C2CCCCC2C(=O)OCCOCCOCCOC(=O)C2CCCCC12. The van der Waals surface area contributed by atoms with E-state index >= 15 is 0 Å². The average Bonchev–Trinajstić information content (AvgIpc) is 3.03. The van der Waals surface area contributed by atoms with Gasteiger partial charge in [-0.2, -0.15) is 0 Å². The second-order valence-corrected chi connectivity index (χ2v) is 10.7. The van der Waals surface area contributed by atoms with Gasteiger partial charge in [0, 0.05) is 0 Å². The van der Waals surface area contributed by atoms with Crippen LogP contribution < -0.4 is 0 Å². The Morgan fingerprint density at radius 1 is 0.302 bits per heavy atom. The Morgan fingerprint density at radius 2 is 0.488 bits per heavy atom. The third-order valence-electron chi connectivity index (χ3n) is 7.75. The Bertz CT molecular complexity index is 769. The van der Waals surface area contributed by atoms with Crippen molar-refractivity contribution in [3.8, 4) is 0 Å². The van der Waals surface area contributed by atoms with E-state index in [-0.39, 0.29) is 66.1 Å². The number of ether oxygens (including phenoxy) is 9. The molecule has 0 aromatic rings. The van der Waals surface area contributed by atoms with Gasteiger partial charge in [-0.3, -0.25) is 19.2 Å². The topological polar surface area (TPSA) is 151 Å². The molecule has 0 aromatic carbocycles. The van der Waals surface area contributed by atoms with Crippen LogP contribution in [0, 0.1) is 23.7 Å². The van der Waals surface area contributed by atoms with Crippen molar-refractivity contribution in [1.29, 1.82) is 0 Å². The molecular weight excluding hydrogens is 568 g/mol. The summed E-state index contributed by atoms with van der Waals surface area (Å²) in [5.41, 5.74) is 0. The van der Waals surface area contributed by atoms with Gasteiger partial charge in [0.1, 0.15) is 26.4 Å². The van der Waals surface area contributed by atoms with Crippen LogP contribution in [-0.2, 0) is 61.8 Å². The molecule has 0 radical (unpaired) electrons. The standard InChI is InChI=1S/C30H48O13/c31-27-23-5-1-3-7-25(23)29(33)42-21-17-38-13-14-39-18-22-43-30(34)26-8-4-2-6-24(26)28(32)41-20-16-37-12-10-35-9-11-36-15-19-40-27/h23-26H,1-22H2. The van der Waals surface area contributed by atoms with Crippen LogP contribution in [0.2, 0.25) is 0 Å². The normalized spacial score (nSPS) is 30.1. The van der Waals surface area contributed by atoms with Gasteiger partial charge in [-0.1, -0.05) is 25.7 Å². The Labute approximate surface area is 253 Å². The van der Waals surface area contributed by atoms with Crippen LogP contribution in [0.25, 0.3) is 0 Å².